The summed E-state index contributed by atoms with van der Waals surface area (Å²) < 4.78 is 26.6. The molecule has 0 aliphatic heterocycles. The zero-order valence-corrected chi connectivity index (χ0v) is 11.9. The number of sulfonamides is 1. The first-order valence-electron chi connectivity index (χ1n) is 4.65. The summed E-state index contributed by atoms with van der Waals surface area (Å²) in [6, 6.07) is 6.98. The first-order chi connectivity index (χ1) is 8.38. The molecule has 0 amide bonds. The molecule has 0 saturated heterocycles. The first-order valence-corrected chi connectivity index (χ1v) is 7.71. The van der Waals surface area contributed by atoms with Crippen molar-refractivity contribution in [3.8, 4) is 5.75 Å². The third kappa shape index (κ3) is 2.89. The number of hydrogen-bond acceptors (Lipinski definition) is 4. The Balaban J connectivity index is 2.33. The molecular weight excluding hydrogens is 317 g/mol. The Morgan fingerprint density at radius 3 is 2.44 bits per heavy atom. The Hall–Kier alpha value is -0.950. The van der Waals surface area contributed by atoms with Gasteiger partial charge in [-0.2, -0.15) is 0 Å². The van der Waals surface area contributed by atoms with Crippen molar-refractivity contribution in [3.05, 3.63) is 39.7 Å². The summed E-state index contributed by atoms with van der Waals surface area (Å²) in [5, 5.41) is 9.89. The molecule has 0 aliphatic carbocycles. The third-order valence-electron chi connectivity index (χ3n) is 2.02. The average Bonchev–Trinajstić information content (AvgIpc) is 2.70. The van der Waals surface area contributed by atoms with Crippen molar-refractivity contribution in [1.82, 2.24) is 0 Å². The van der Waals surface area contributed by atoms with E-state index in [4.69, 9.17) is 23.2 Å². The summed E-state index contributed by atoms with van der Waals surface area (Å²) in [4.78, 5) is 0. The summed E-state index contributed by atoms with van der Waals surface area (Å²) in [7, 11) is -3.75. The zero-order valence-electron chi connectivity index (χ0n) is 8.72. The first kappa shape index (κ1) is 13.5. The van der Waals surface area contributed by atoms with Gasteiger partial charge >= 0.3 is 0 Å². The van der Waals surface area contributed by atoms with E-state index >= 15 is 0 Å². The molecule has 2 aromatic rings. The zero-order chi connectivity index (χ0) is 13.3. The summed E-state index contributed by atoms with van der Waals surface area (Å²) in [6.07, 6.45) is 0. The Morgan fingerprint density at radius 2 is 1.89 bits per heavy atom. The molecule has 0 bridgehead atoms. The quantitative estimate of drug-likeness (QED) is 0.849. The molecule has 0 atom stereocenters. The highest BCUT2D eigenvalue weighted by Crippen LogP contribution is 2.31. The van der Waals surface area contributed by atoms with Gasteiger partial charge < -0.3 is 5.11 Å². The summed E-state index contributed by atoms with van der Waals surface area (Å²) in [5.41, 5.74) is 0.0592. The molecule has 2 rings (SSSR count). The van der Waals surface area contributed by atoms with Gasteiger partial charge in [-0.05, 0) is 24.3 Å². The third-order valence-corrected chi connectivity index (χ3v) is 5.34. The molecule has 18 heavy (non-hydrogen) atoms. The molecule has 1 aromatic heterocycles. The molecular formula is C10H7Cl2NO3S2. The van der Waals surface area contributed by atoms with Gasteiger partial charge in [0.2, 0.25) is 0 Å². The number of halogens is 2. The highest BCUT2D eigenvalue weighted by Gasteiger charge is 2.18. The average molecular weight is 324 g/mol. The lowest BCUT2D eigenvalue weighted by Crippen LogP contribution is -2.11. The van der Waals surface area contributed by atoms with Crippen molar-refractivity contribution < 1.29 is 13.5 Å². The van der Waals surface area contributed by atoms with Gasteiger partial charge in [-0.3, -0.25) is 4.72 Å². The number of thiophene rings is 1. The van der Waals surface area contributed by atoms with E-state index in [1.165, 1.54) is 30.3 Å². The largest absolute Gasteiger partial charge is 0.506 e. The second-order valence-electron chi connectivity index (χ2n) is 3.33. The molecule has 96 valence electrons. The standard InChI is InChI=1S/C10H7Cl2NO3S2/c11-6-1-2-7(8(14)5-6)13-18(15,16)10-4-3-9(12)17-10/h1-5,13-14H. The van der Waals surface area contributed by atoms with Crippen LogP contribution < -0.4 is 4.72 Å². The van der Waals surface area contributed by atoms with E-state index in [1.807, 2.05) is 0 Å². The lowest BCUT2D eigenvalue weighted by Gasteiger charge is -2.08. The number of rotatable bonds is 3. The molecule has 0 aliphatic rings. The fourth-order valence-corrected chi connectivity index (χ4v) is 3.95. The van der Waals surface area contributed by atoms with Crippen LogP contribution in [0.5, 0.6) is 5.75 Å². The van der Waals surface area contributed by atoms with E-state index in [9.17, 15) is 13.5 Å². The predicted molar refractivity (Wildman–Crippen MR) is 73.3 cm³/mol. The van der Waals surface area contributed by atoms with Gasteiger partial charge in [-0.1, -0.05) is 23.2 Å². The number of anilines is 1. The monoisotopic (exact) mass is 323 g/mol. The van der Waals surface area contributed by atoms with Crippen molar-refractivity contribution in [2.75, 3.05) is 4.72 Å². The van der Waals surface area contributed by atoms with Crippen LogP contribution in [0.2, 0.25) is 9.36 Å². The lowest BCUT2D eigenvalue weighted by atomic mass is 10.3. The van der Waals surface area contributed by atoms with Gasteiger partial charge in [-0.25, -0.2) is 8.42 Å². The van der Waals surface area contributed by atoms with E-state index in [0.717, 1.165) is 11.3 Å². The molecule has 1 heterocycles. The lowest BCUT2D eigenvalue weighted by molar-refractivity contribution is 0.477. The van der Waals surface area contributed by atoms with Crippen LogP contribution in [-0.2, 0) is 10.0 Å². The molecule has 0 radical (unpaired) electrons. The van der Waals surface area contributed by atoms with Crippen LogP contribution in [0.1, 0.15) is 0 Å². The maximum Gasteiger partial charge on any atom is 0.271 e. The van der Waals surface area contributed by atoms with Crippen LogP contribution in [0.3, 0.4) is 0 Å². The predicted octanol–water partition coefficient (Wildman–Crippen LogP) is 3.56. The van der Waals surface area contributed by atoms with Gasteiger partial charge in [0.1, 0.15) is 9.96 Å². The minimum Gasteiger partial charge on any atom is -0.506 e. The van der Waals surface area contributed by atoms with Crippen molar-refractivity contribution >= 4 is 50.2 Å². The van der Waals surface area contributed by atoms with Crippen molar-refractivity contribution in [2.45, 2.75) is 4.21 Å². The minimum absolute atomic E-state index is 0.0592. The van der Waals surface area contributed by atoms with E-state index in [2.05, 4.69) is 4.72 Å². The SMILES string of the molecule is O=S(=O)(Nc1ccc(Cl)cc1O)c1ccc(Cl)s1. The van der Waals surface area contributed by atoms with Crippen LogP contribution in [-0.4, -0.2) is 13.5 Å². The van der Waals surface area contributed by atoms with E-state index < -0.39 is 10.0 Å². The fraction of sp³-hybridized carbons (Fsp3) is 0. The molecule has 0 spiro atoms. The van der Waals surface area contributed by atoms with E-state index in [1.54, 1.807) is 0 Å². The summed E-state index contributed by atoms with van der Waals surface area (Å²) in [6.45, 7) is 0. The molecule has 8 heteroatoms. The molecule has 0 unspecified atom stereocenters. The topological polar surface area (TPSA) is 66.4 Å². The van der Waals surface area contributed by atoms with Crippen LogP contribution in [0.15, 0.2) is 34.5 Å². The fourth-order valence-electron chi connectivity index (χ4n) is 1.23. The number of hydrogen-bond donors (Lipinski definition) is 2. The van der Waals surface area contributed by atoms with E-state index in [-0.39, 0.29) is 15.6 Å². The van der Waals surface area contributed by atoms with Crippen molar-refractivity contribution in [2.24, 2.45) is 0 Å². The maximum absolute atomic E-state index is 11.9. The smallest absolute Gasteiger partial charge is 0.271 e. The highest BCUT2D eigenvalue weighted by atomic mass is 35.5. The second-order valence-corrected chi connectivity index (χ2v) is 7.39. The second kappa shape index (κ2) is 4.97. The number of phenols is 1. The molecule has 0 saturated carbocycles. The minimum atomic E-state index is -3.75. The number of benzene rings is 1. The van der Waals surface area contributed by atoms with E-state index in [0.29, 0.717) is 9.36 Å². The molecule has 0 fully saturated rings. The van der Waals surface area contributed by atoms with Gasteiger partial charge in [0.25, 0.3) is 10.0 Å². The maximum atomic E-state index is 11.9. The van der Waals surface area contributed by atoms with Gasteiger partial charge in [0.15, 0.2) is 0 Å². The summed E-state index contributed by atoms with van der Waals surface area (Å²) in [5.74, 6) is -0.242. The van der Waals surface area contributed by atoms with Gasteiger partial charge in [0.05, 0.1) is 10.0 Å². The summed E-state index contributed by atoms with van der Waals surface area (Å²) >= 11 is 12.3. The Kier molecular flexibility index (Phi) is 3.72. The normalized spacial score (nSPS) is 11.4. The van der Waals surface area contributed by atoms with Crippen LogP contribution in [0.25, 0.3) is 0 Å². The molecule has 1 aromatic carbocycles. The number of nitrogens with one attached hydrogen (secondary N) is 1. The highest BCUT2D eigenvalue weighted by molar-refractivity contribution is 7.94. The Bertz CT molecular complexity index is 682. The van der Waals surface area contributed by atoms with Crippen LogP contribution in [0.4, 0.5) is 5.69 Å². The Labute approximate surface area is 118 Å². The van der Waals surface area contributed by atoms with Crippen LogP contribution in [0, 0.1) is 0 Å². The van der Waals surface area contributed by atoms with Gasteiger partial charge in [0, 0.05) is 11.1 Å². The van der Waals surface area contributed by atoms with Crippen molar-refractivity contribution in [1.29, 1.82) is 0 Å². The number of phenolic OH excluding ortho intramolecular Hbond substituents is 1. The number of aromatic hydroxyl groups is 1. The van der Waals surface area contributed by atoms with Crippen molar-refractivity contribution in [3.63, 3.8) is 0 Å². The van der Waals surface area contributed by atoms with Gasteiger partial charge in [-0.15, -0.1) is 11.3 Å². The van der Waals surface area contributed by atoms with Crippen LogP contribution >= 0.6 is 34.5 Å². The Morgan fingerprint density at radius 1 is 1.17 bits per heavy atom. The molecule has 4 nitrogen and oxygen atoms in total. The molecule has 2 N–H and O–H groups in total.